The Bertz CT molecular complexity index is 422. The number of para-hydroxylation sites is 1. The molecule has 0 aliphatic heterocycles. The molecule has 0 aliphatic rings. The maximum atomic E-state index is 11.5. The average Bonchev–Trinajstić information content (AvgIpc) is 2.37. The SMILES string of the molecule is CCCNCc1cccc(Cl)c1OCC(=O)N(C)C. The lowest BCUT2D eigenvalue weighted by molar-refractivity contribution is -0.130. The fourth-order valence-corrected chi connectivity index (χ4v) is 1.77. The smallest absolute Gasteiger partial charge is 0.259 e. The van der Waals surface area contributed by atoms with Gasteiger partial charge in [-0.3, -0.25) is 4.79 Å². The van der Waals surface area contributed by atoms with Crippen LogP contribution in [0.1, 0.15) is 18.9 Å². The monoisotopic (exact) mass is 284 g/mol. The first-order chi connectivity index (χ1) is 9.06. The topological polar surface area (TPSA) is 41.6 Å². The number of halogens is 1. The summed E-state index contributed by atoms with van der Waals surface area (Å²) in [6.45, 7) is 3.72. The summed E-state index contributed by atoms with van der Waals surface area (Å²) < 4.78 is 5.56. The molecule has 5 heteroatoms. The van der Waals surface area contributed by atoms with E-state index in [1.54, 1.807) is 20.2 Å². The van der Waals surface area contributed by atoms with E-state index in [4.69, 9.17) is 16.3 Å². The van der Waals surface area contributed by atoms with Gasteiger partial charge in [0.2, 0.25) is 0 Å². The van der Waals surface area contributed by atoms with E-state index in [9.17, 15) is 4.79 Å². The maximum absolute atomic E-state index is 11.5. The van der Waals surface area contributed by atoms with Crippen LogP contribution in [0.4, 0.5) is 0 Å². The minimum absolute atomic E-state index is 0.00247. The zero-order chi connectivity index (χ0) is 14.3. The number of nitrogens with one attached hydrogen (secondary N) is 1. The van der Waals surface area contributed by atoms with Gasteiger partial charge in [-0.15, -0.1) is 0 Å². The normalized spacial score (nSPS) is 10.3. The van der Waals surface area contributed by atoms with Crippen molar-refractivity contribution in [3.05, 3.63) is 28.8 Å². The number of rotatable bonds is 7. The molecule has 1 aromatic rings. The van der Waals surface area contributed by atoms with Crippen molar-refractivity contribution in [1.82, 2.24) is 10.2 Å². The molecule has 19 heavy (non-hydrogen) atoms. The van der Waals surface area contributed by atoms with Crippen molar-refractivity contribution >= 4 is 17.5 Å². The number of ether oxygens (including phenoxy) is 1. The van der Waals surface area contributed by atoms with Crippen LogP contribution in [0.25, 0.3) is 0 Å². The zero-order valence-corrected chi connectivity index (χ0v) is 12.5. The lowest BCUT2D eigenvalue weighted by Crippen LogP contribution is -2.28. The lowest BCUT2D eigenvalue weighted by Gasteiger charge is -2.15. The van der Waals surface area contributed by atoms with Crippen LogP contribution >= 0.6 is 11.6 Å². The summed E-state index contributed by atoms with van der Waals surface area (Å²) in [5, 5.41) is 3.83. The Kier molecular flexibility index (Phi) is 6.67. The molecular formula is C14H21ClN2O2. The number of carbonyl (C=O) groups is 1. The minimum atomic E-state index is -0.0904. The molecule has 0 saturated carbocycles. The molecule has 0 saturated heterocycles. The predicted octanol–water partition coefficient (Wildman–Crippen LogP) is 2.31. The summed E-state index contributed by atoms with van der Waals surface area (Å²) in [5.74, 6) is 0.496. The van der Waals surface area contributed by atoms with Gasteiger partial charge in [0.25, 0.3) is 5.91 Å². The van der Waals surface area contributed by atoms with E-state index in [0.29, 0.717) is 17.3 Å². The van der Waals surface area contributed by atoms with Gasteiger partial charge in [0.1, 0.15) is 5.75 Å². The number of hydrogen-bond acceptors (Lipinski definition) is 3. The number of carbonyl (C=O) groups excluding carboxylic acids is 1. The Hall–Kier alpha value is -1.26. The zero-order valence-electron chi connectivity index (χ0n) is 11.7. The average molecular weight is 285 g/mol. The standard InChI is InChI=1S/C14H21ClN2O2/c1-4-8-16-9-11-6-5-7-12(15)14(11)19-10-13(18)17(2)3/h5-7,16H,4,8-10H2,1-3H3. The Balaban J connectivity index is 2.71. The Labute approximate surface area is 119 Å². The molecule has 1 aromatic carbocycles. The van der Waals surface area contributed by atoms with Gasteiger partial charge in [0, 0.05) is 26.2 Å². The molecule has 0 aliphatic carbocycles. The summed E-state index contributed by atoms with van der Waals surface area (Å²) >= 11 is 6.13. The van der Waals surface area contributed by atoms with Crippen LogP contribution in [0.2, 0.25) is 5.02 Å². The highest BCUT2D eigenvalue weighted by Gasteiger charge is 2.11. The van der Waals surface area contributed by atoms with Gasteiger partial charge in [-0.25, -0.2) is 0 Å². The van der Waals surface area contributed by atoms with Crippen molar-refractivity contribution in [2.75, 3.05) is 27.2 Å². The minimum Gasteiger partial charge on any atom is -0.482 e. The van der Waals surface area contributed by atoms with Crippen LogP contribution in [-0.4, -0.2) is 38.1 Å². The fraction of sp³-hybridized carbons (Fsp3) is 0.500. The second-order valence-electron chi connectivity index (χ2n) is 4.48. The third-order valence-electron chi connectivity index (χ3n) is 2.63. The molecule has 0 atom stereocenters. The van der Waals surface area contributed by atoms with Gasteiger partial charge in [-0.05, 0) is 19.0 Å². The summed E-state index contributed by atoms with van der Waals surface area (Å²) in [4.78, 5) is 13.0. The van der Waals surface area contributed by atoms with Crippen molar-refractivity contribution < 1.29 is 9.53 Å². The van der Waals surface area contributed by atoms with E-state index in [1.807, 2.05) is 12.1 Å². The Morgan fingerprint density at radius 3 is 2.79 bits per heavy atom. The van der Waals surface area contributed by atoms with Gasteiger partial charge in [-0.1, -0.05) is 30.7 Å². The van der Waals surface area contributed by atoms with E-state index in [2.05, 4.69) is 12.2 Å². The first-order valence-corrected chi connectivity index (χ1v) is 6.75. The lowest BCUT2D eigenvalue weighted by atomic mass is 10.2. The third-order valence-corrected chi connectivity index (χ3v) is 2.93. The summed E-state index contributed by atoms with van der Waals surface area (Å²) in [6, 6.07) is 5.59. The first kappa shape index (κ1) is 15.8. The van der Waals surface area contributed by atoms with Crippen LogP contribution in [0.5, 0.6) is 5.75 Å². The summed E-state index contributed by atoms with van der Waals surface area (Å²) in [5.41, 5.74) is 0.965. The molecule has 0 spiro atoms. The summed E-state index contributed by atoms with van der Waals surface area (Å²) in [6.07, 6.45) is 1.07. The third kappa shape index (κ3) is 5.09. The quantitative estimate of drug-likeness (QED) is 0.781. The molecule has 0 radical (unpaired) electrons. The number of amides is 1. The highest BCUT2D eigenvalue weighted by molar-refractivity contribution is 6.32. The van der Waals surface area contributed by atoms with Gasteiger partial charge in [0.05, 0.1) is 5.02 Å². The van der Waals surface area contributed by atoms with E-state index >= 15 is 0 Å². The van der Waals surface area contributed by atoms with Crippen molar-refractivity contribution in [3.63, 3.8) is 0 Å². The van der Waals surface area contributed by atoms with E-state index in [0.717, 1.165) is 18.5 Å². The van der Waals surface area contributed by atoms with E-state index < -0.39 is 0 Å². The molecule has 4 nitrogen and oxygen atoms in total. The van der Waals surface area contributed by atoms with Crippen LogP contribution in [0.15, 0.2) is 18.2 Å². The number of likely N-dealkylation sites (N-methyl/N-ethyl adjacent to an activating group) is 1. The summed E-state index contributed by atoms with van der Waals surface area (Å²) in [7, 11) is 3.39. The maximum Gasteiger partial charge on any atom is 0.259 e. The number of benzene rings is 1. The van der Waals surface area contributed by atoms with Crippen LogP contribution in [0, 0.1) is 0 Å². The molecule has 0 unspecified atom stereocenters. The van der Waals surface area contributed by atoms with Crippen molar-refractivity contribution in [2.24, 2.45) is 0 Å². The van der Waals surface area contributed by atoms with Crippen LogP contribution in [-0.2, 0) is 11.3 Å². The highest BCUT2D eigenvalue weighted by atomic mass is 35.5. The van der Waals surface area contributed by atoms with E-state index in [1.165, 1.54) is 4.90 Å². The van der Waals surface area contributed by atoms with Gasteiger partial charge in [-0.2, -0.15) is 0 Å². The Morgan fingerprint density at radius 2 is 2.16 bits per heavy atom. The molecule has 0 aromatic heterocycles. The predicted molar refractivity (Wildman–Crippen MR) is 77.6 cm³/mol. The first-order valence-electron chi connectivity index (χ1n) is 6.37. The fourth-order valence-electron chi connectivity index (χ4n) is 1.52. The molecular weight excluding hydrogens is 264 g/mol. The molecule has 1 N–H and O–H groups in total. The van der Waals surface area contributed by atoms with Crippen LogP contribution in [0.3, 0.4) is 0 Å². The molecule has 106 valence electrons. The van der Waals surface area contributed by atoms with Crippen molar-refractivity contribution in [3.8, 4) is 5.75 Å². The molecule has 0 fully saturated rings. The Morgan fingerprint density at radius 1 is 1.42 bits per heavy atom. The molecule has 0 bridgehead atoms. The van der Waals surface area contributed by atoms with Gasteiger partial charge in [0.15, 0.2) is 6.61 Å². The van der Waals surface area contributed by atoms with Crippen LogP contribution < -0.4 is 10.1 Å². The second-order valence-corrected chi connectivity index (χ2v) is 4.89. The molecule has 1 amide bonds. The number of nitrogens with zero attached hydrogens (tertiary/aromatic N) is 1. The van der Waals surface area contributed by atoms with Gasteiger partial charge >= 0.3 is 0 Å². The van der Waals surface area contributed by atoms with Crippen molar-refractivity contribution in [1.29, 1.82) is 0 Å². The van der Waals surface area contributed by atoms with Gasteiger partial charge < -0.3 is 15.0 Å². The van der Waals surface area contributed by atoms with Crippen molar-refractivity contribution in [2.45, 2.75) is 19.9 Å². The number of hydrogen-bond donors (Lipinski definition) is 1. The molecule has 0 heterocycles. The molecule has 1 rings (SSSR count). The van der Waals surface area contributed by atoms with E-state index in [-0.39, 0.29) is 12.5 Å². The largest absolute Gasteiger partial charge is 0.482 e. The second kappa shape index (κ2) is 8.02. The highest BCUT2D eigenvalue weighted by Crippen LogP contribution is 2.28.